The van der Waals surface area contributed by atoms with Crippen LogP contribution in [-0.4, -0.2) is 72.6 Å². The van der Waals surface area contributed by atoms with Crippen molar-refractivity contribution in [3.63, 3.8) is 0 Å². The third kappa shape index (κ3) is 8.69. The molecule has 3 amide bonds. The first-order chi connectivity index (χ1) is 18.8. The SMILES string of the molecule is Cc1ccc(CN(Cc2ccc(F)cc2)C(=O)CN(CCN2CCOCC2)C(=O)Nc2ccc(Cl)c(Cl)c2)o1. The Balaban J connectivity index is 1.51. The number of furan rings is 1. The molecule has 11 heteroatoms. The number of halogens is 3. The van der Waals surface area contributed by atoms with Crippen molar-refractivity contribution in [1.29, 1.82) is 0 Å². The molecule has 0 unspecified atom stereocenters. The van der Waals surface area contributed by atoms with Gasteiger partial charge in [0.25, 0.3) is 0 Å². The van der Waals surface area contributed by atoms with Crippen molar-refractivity contribution in [2.45, 2.75) is 20.0 Å². The van der Waals surface area contributed by atoms with E-state index in [9.17, 15) is 14.0 Å². The minimum atomic E-state index is -0.439. The van der Waals surface area contributed by atoms with E-state index in [4.69, 9.17) is 32.4 Å². The van der Waals surface area contributed by atoms with Crippen molar-refractivity contribution in [2.24, 2.45) is 0 Å². The maximum atomic E-state index is 13.7. The lowest BCUT2D eigenvalue weighted by Gasteiger charge is -2.31. The molecule has 0 aliphatic carbocycles. The van der Waals surface area contributed by atoms with Gasteiger partial charge in [0, 0.05) is 38.4 Å². The highest BCUT2D eigenvalue weighted by atomic mass is 35.5. The first-order valence-corrected chi connectivity index (χ1v) is 13.4. The number of carbonyl (C=O) groups excluding carboxylic acids is 2. The van der Waals surface area contributed by atoms with Crippen molar-refractivity contribution < 1.29 is 23.1 Å². The smallest absolute Gasteiger partial charge is 0.322 e. The Morgan fingerprint density at radius 2 is 1.72 bits per heavy atom. The van der Waals surface area contributed by atoms with Crippen LogP contribution in [0, 0.1) is 12.7 Å². The fourth-order valence-electron chi connectivity index (χ4n) is 4.18. The standard InChI is InChI=1S/C28H31Cl2FN4O4/c1-20-2-8-24(39-20)18-35(17-21-3-5-22(31)6-4-21)27(36)19-34(11-10-33-12-14-38-15-13-33)28(37)32-23-7-9-25(29)26(30)16-23/h2-9,16H,10-15,17-19H2,1H3,(H,32,37). The number of nitrogens with one attached hydrogen (secondary N) is 1. The molecular weight excluding hydrogens is 546 g/mol. The number of morpholine rings is 1. The fourth-order valence-corrected chi connectivity index (χ4v) is 4.48. The van der Waals surface area contributed by atoms with E-state index < -0.39 is 6.03 Å². The van der Waals surface area contributed by atoms with Crippen molar-refractivity contribution in [2.75, 3.05) is 51.3 Å². The van der Waals surface area contributed by atoms with Crippen molar-refractivity contribution >= 4 is 40.8 Å². The topological polar surface area (TPSA) is 78.3 Å². The van der Waals surface area contributed by atoms with Crippen LogP contribution in [0.25, 0.3) is 0 Å². The molecule has 208 valence electrons. The van der Waals surface area contributed by atoms with Gasteiger partial charge in [0.1, 0.15) is 23.9 Å². The highest BCUT2D eigenvalue weighted by Crippen LogP contribution is 2.25. The van der Waals surface area contributed by atoms with Gasteiger partial charge in [-0.3, -0.25) is 9.69 Å². The molecular formula is C28H31Cl2FN4O4. The first-order valence-electron chi connectivity index (χ1n) is 12.7. The molecule has 1 aliphatic heterocycles. The monoisotopic (exact) mass is 576 g/mol. The lowest BCUT2D eigenvalue weighted by molar-refractivity contribution is -0.133. The number of aryl methyl sites for hydroxylation is 1. The van der Waals surface area contributed by atoms with Crippen molar-refractivity contribution in [1.82, 2.24) is 14.7 Å². The number of anilines is 1. The van der Waals surface area contributed by atoms with E-state index in [-0.39, 0.29) is 31.4 Å². The number of amides is 3. The number of hydrogen-bond acceptors (Lipinski definition) is 5. The molecule has 0 radical (unpaired) electrons. The lowest BCUT2D eigenvalue weighted by atomic mass is 10.2. The first kappa shape index (κ1) is 28.9. The molecule has 3 aromatic rings. The second-order valence-electron chi connectivity index (χ2n) is 9.32. The summed E-state index contributed by atoms with van der Waals surface area (Å²) < 4.78 is 24.6. The van der Waals surface area contributed by atoms with Gasteiger partial charge >= 0.3 is 6.03 Å². The molecule has 0 bridgehead atoms. The summed E-state index contributed by atoms with van der Waals surface area (Å²) in [5, 5.41) is 3.50. The quantitative estimate of drug-likeness (QED) is 0.348. The molecule has 2 aromatic carbocycles. The van der Waals surface area contributed by atoms with Gasteiger partial charge in [-0.1, -0.05) is 35.3 Å². The summed E-state index contributed by atoms with van der Waals surface area (Å²) >= 11 is 12.1. The van der Waals surface area contributed by atoms with E-state index in [1.54, 1.807) is 35.2 Å². The lowest BCUT2D eigenvalue weighted by Crippen LogP contribution is -2.48. The molecule has 2 heterocycles. The molecule has 0 atom stereocenters. The summed E-state index contributed by atoms with van der Waals surface area (Å²) in [6.07, 6.45) is 0. The molecule has 39 heavy (non-hydrogen) atoms. The van der Waals surface area contributed by atoms with Crippen LogP contribution in [-0.2, 0) is 22.6 Å². The summed E-state index contributed by atoms with van der Waals surface area (Å²) in [4.78, 5) is 32.3. The third-order valence-electron chi connectivity index (χ3n) is 6.36. The highest BCUT2D eigenvalue weighted by molar-refractivity contribution is 6.42. The molecule has 0 saturated carbocycles. The number of benzene rings is 2. The summed E-state index contributed by atoms with van der Waals surface area (Å²) in [7, 11) is 0. The fraction of sp³-hybridized carbons (Fsp3) is 0.357. The van der Waals surface area contributed by atoms with Crippen LogP contribution < -0.4 is 5.32 Å². The van der Waals surface area contributed by atoms with Gasteiger partial charge in [-0.25, -0.2) is 9.18 Å². The van der Waals surface area contributed by atoms with Crippen LogP contribution in [0.5, 0.6) is 0 Å². The van der Waals surface area contributed by atoms with Crippen LogP contribution >= 0.6 is 23.2 Å². The van der Waals surface area contributed by atoms with E-state index in [0.717, 1.165) is 24.4 Å². The largest absolute Gasteiger partial charge is 0.464 e. The molecule has 1 saturated heterocycles. The van der Waals surface area contributed by atoms with Gasteiger partial charge in [-0.2, -0.15) is 0 Å². The van der Waals surface area contributed by atoms with Gasteiger partial charge in [0.05, 0.1) is 29.8 Å². The summed E-state index contributed by atoms with van der Waals surface area (Å²) in [5.41, 5.74) is 1.22. The number of ether oxygens (including phenoxy) is 1. The normalized spacial score (nSPS) is 13.7. The highest BCUT2D eigenvalue weighted by Gasteiger charge is 2.24. The van der Waals surface area contributed by atoms with Crippen LogP contribution in [0.15, 0.2) is 59.0 Å². The van der Waals surface area contributed by atoms with Gasteiger partial charge in [0.15, 0.2) is 0 Å². The zero-order valence-corrected chi connectivity index (χ0v) is 23.2. The minimum Gasteiger partial charge on any atom is -0.464 e. The zero-order chi connectivity index (χ0) is 27.8. The molecule has 1 N–H and O–H groups in total. The number of nitrogens with zero attached hydrogens (tertiary/aromatic N) is 3. The predicted molar refractivity (Wildman–Crippen MR) is 148 cm³/mol. The zero-order valence-electron chi connectivity index (χ0n) is 21.7. The van der Waals surface area contributed by atoms with Gasteiger partial charge in [-0.15, -0.1) is 0 Å². The summed E-state index contributed by atoms with van der Waals surface area (Å²) in [6, 6.07) is 14.0. The molecule has 1 fully saturated rings. The van der Waals surface area contributed by atoms with Crippen LogP contribution in [0.4, 0.5) is 14.9 Å². The van der Waals surface area contributed by atoms with E-state index >= 15 is 0 Å². The predicted octanol–water partition coefficient (Wildman–Crippen LogP) is 5.43. The van der Waals surface area contributed by atoms with Crippen LogP contribution in [0.2, 0.25) is 10.0 Å². The van der Waals surface area contributed by atoms with Crippen LogP contribution in [0.1, 0.15) is 17.1 Å². The van der Waals surface area contributed by atoms with E-state index in [0.29, 0.717) is 47.8 Å². The summed E-state index contributed by atoms with van der Waals surface area (Å²) in [5.74, 6) is 0.710. The average molecular weight is 577 g/mol. The third-order valence-corrected chi connectivity index (χ3v) is 7.10. The second-order valence-corrected chi connectivity index (χ2v) is 10.1. The number of rotatable bonds is 10. The summed E-state index contributed by atoms with van der Waals surface area (Å²) in [6.45, 7) is 5.76. The van der Waals surface area contributed by atoms with Crippen molar-refractivity contribution in [3.8, 4) is 0 Å². The van der Waals surface area contributed by atoms with E-state index in [2.05, 4.69) is 10.2 Å². The average Bonchev–Trinajstić information content (AvgIpc) is 3.34. The maximum Gasteiger partial charge on any atom is 0.322 e. The molecule has 8 nitrogen and oxygen atoms in total. The molecule has 4 rings (SSSR count). The second kappa shape index (κ2) is 13.8. The molecule has 1 aromatic heterocycles. The maximum absolute atomic E-state index is 13.7. The van der Waals surface area contributed by atoms with Crippen LogP contribution in [0.3, 0.4) is 0 Å². The number of carbonyl (C=O) groups is 2. The number of urea groups is 1. The van der Waals surface area contributed by atoms with Crippen molar-refractivity contribution in [3.05, 3.63) is 87.5 Å². The van der Waals surface area contributed by atoms with E-state index in [1.165, 1.54) is 17.0 Å². The van der Waals surface area contributed by atoms with E-state index in [1.807, 2.05) is 19.1 Å². The van der Waals surface area contributed by atoms with Gasteiger partial charge in [-0.05, 0) is 55.0 Å². The Kier molecular flexibility index (Phi) is 10.2. The Hall–Kier alpha value is -3.11. The van der Waals surface area contributed by atoms with Gasteiger partial charge in [0.2, 0.25) is 5.91 Å². The molecule has 1 aliphatic rings. The Labute approximate surface area is 237 Å². The molecule has 0 spiro atoms. The number of hydrogen-bond donors (Lipinski definition) is 1. The minimum absolute atomic E-state index is 0.168. The Morgan fingerprint density at radius 1 is 0.974 bits per heavy atom. The van der Waals surface area contributed by atoms with Gasteiger partial charge < -0.3 is 24.3 Å². The Bertz CT molecular complexity index is 1260. The Morgan fingerprint density at radius 3 is 2.38 bits per heavy atom.